The Labute approximate surface area is 85.4 Å². The summed E-state index contributed by atoms with van der Waals surface area (Å²) in [6.07, 6.45) is 0. The minimum absolute atomic E-state index is 0. The number of rotatable bonds is 0. The van der Waals surface area contributed by atoms with Gasteiger partial charge in [-0.1, -0.05) is 0 Å². The molecule has 0 fully saturated rings. The third kappa shape index (κ3) is 94.2. The van der Waals surface area contributed by atoms with E-state index in [2.05, 4.69) is 0 Å². The SMILES string of the molecule is [B].[B].[B].[B].[B].[B].[La]. The van der Waals surface area contributed by atoms with Crippen LogP contribution < -0.4 is 0 Å². The Kier molecular flexibility index (Phi) is 3680. The minimum atomic E-state index is 0. The van der Waals surface area contributed by atoms with Crippen LogP contribution in [0.3, 0.4) is 0 Å². The van der Waals surface area contributed by atoms with Crippen molar-refractivity contribution in [2.24, 2.45) is 0 Å². The maximum atomic E-state index is 0. The van der Waals surface area contributed by atoms with Crippen molar-refractivity contribution in [2.75, 3.05) is 0 Å². The summed E-state index contributed by atoms with van der Waals surface area (Å²) in [5.41, 5.74) is 0. The topological polar surface area (TPSA) is 0 Å². The van der Waals surface area contributed by atoms with Crippen LogP contribution in [0.1, 0.15) is 0 Å². The van der Waals surface area contributed by atoms with Crippen LogP contribution in [0, 0.1) is 35.6 Å². The molecule has 0 unspecified atom stereocenters. The van der Waals surface area contributed by atoms with Crippen LogP contribution in [0.15, 0.2) is 0 Å². The first kappa shape index (κ1) is 197. The summed E-state index contributed by atoms with van der Waals surface area (Å²) in [5, 5.41) is 0. The van der Waals surface area contributed by atoms with E-state index in [1.165, 1.54) is 0 Å². The molecule has 0 amide bonds. The number of hydrogen-bond acceptors (Lipinski definition) is 0. The van der Waals surface area contributed by atoms with Gasteiger partial charge < -0.3 is 0 Å². The summed E-state index contributed by atoms with van der Waals surface area (Å²) in [6.45, 7) is 0. The zero-order valence-electron chi connectivity index (χ0n) is 4.04. The molecule has 0 atom stereocenters. The molecule has 0 aromatic carbocycles. The van der Waals surface area contributed by atoms with Gasteiger partial charge in [0.15, 0.2) is 0 Å². The molecular formula is B6La. The summed E-state index contributed by atoms with van der Waals surface area (Å²) in [4.78, 5) is 0. The molecule has 0 nitrogen and oxygen atoms in total. The normalized spacial score (nSPS) is 0. The van der Waals surface area contributed by atoms with Crippen LogP contribution in [0.25, 0.3) is 0 Å². The molecule has 0 spiro atoms. The van der Waals surface area contributed by atoms with Gasteiger partial charge in [-0.15, -0.1) is 0 Å². The Morgan fingerprint density at radius 2 is 0.286 bits per heavy atom. The van der Waals surface area contributed by atoms with Gasteiger partial charge in [0.1, 0.15) is 0 Å². The van der Waals surface area contributed by atoms with Gasteiger partial charge in [0.2, 0.25) is 0 Å². The molecule has 0 saturated heterocycles. The first-order valence-electron chi connectivity index (χ1n) is 0. The Balaban J connectivity index is 0. The van der Waals surface area contributed by atoms with Crippen LogP contribution in [0.5, 0.6) is 0 Å². The zero-order valence-corrected chi connectivity index (χ0v) is 7.67. The summed E-state index contributed by atoms with van der Waals surface area (Å²) < 4.78 is 0. The predicted octanol–water partition coefficient (Wildman–Crippen LogP) is -2.28. The molecule has 0 heterocycles. The molecule has 0 aromatic heterocycles. The average Bonchev–Trinajstić information content (AvgIpc) is 0. The second kappa shape index (κ2) is 131. The van der Waals surface area contributed by atoms with E-state index in [1.54, 1.807) is 0 Å². The van der Waals surface area contributed by atoms with Gasteiger partial charge in [-0.05, 0) is 0 Å². The Morgan fingerprint density at radius 3 is 0.286 bits per heavy atom. The molecule has 7 heavy (non-hydrogen) atoms. The third-order valence-corrected chi connectivity index (χ3v) is 0. The maximum absolute atomic E-state index is 0. The summed E-state index contributed by atoms with van der Waals surface area (Å²) in [6, 6.07) is 0. The third-order valence-electron chi connectivity index (χ3n) is 0. The van der Waals surface area contributed by atoms with Crippen molar-refractivity contribution in [3.63, 3.8) is 0 Å². The zero-order chi connectivity index (χ0) is 0. The largest absolute Gasteiger partial charge is 0 e. The maximum Gasteiger partial charge on any atom is 0 e. The first-order valence-corrected chi connectivity index (χ1v) is 0. The van der Waals surface area contributed by atoms with E-state index < -0.39 is 0 Å². The van der Waals surface area contributed by atoms with Gasteiger partial charge >= 0.3 is 0 Å². The van der Waals surface area contributed by atoms with Gasteiger partial charge in [-0.25, -0.2) is 0 Å². The van der Waals surface area contributed by atoms with Gasteiger partial charge in [0.25, 0.3) is 0 Å². The molecule has 7 heteroatoms. The van der Waals surface area contributed by atoms with E-state index >= 15 is 0 Å². The first-order chi connectivity index (χ1) is 0. The van der Waals surface area contributed by atoms with Crippen molar-refractivity contribution in [1.82, 2.24) is 0 Å². The molecular weight excluding hydrogens is 204 g/mol. The predicted molar refractivity (Wildman–Crippen MR) is 34.5 cm³/mol. The van der Waals surface area contributed by atoms with Crippen molar-refractivity contribution in [3.05, 3.63) is 0 Å². The van der Waals surface area contributed by atoms with Crippen LogP contribution in [-0.4, -0.2) is 50.5 Å². The number of hydrogen-bond donors (Lipinski definition) is 0. The monoisotopic (exact) mass is 205 g/mol. The smallest absolute Gasteiger partial charge is 0 e. The molecule has 19 radical (unpaired) electrons. The fraction of sp³-hybridized carbons (Fsp3) is 0. The van der Waals surface area contributed by atoms with E-state index in [4.69, 9.17) is 0 Å². The van der Waals surface area contributed by atoms with Gasteiger partial charge in [0, 0.05) is 86.1 Å². The minimum Gasteiger partial charge on any atom is 0 e. The van der Waals surface area contributed by atoms with E-state index in [1.807, 2.05) is 0 Å². The van der Waals surface area contributed by atoms with Gasteiger partial charge in [0.05, 0.1) is 0 Å². The molecule has 0 saturated carbocycles. The molecule has 0 aliphatic carbocycles. The summed E-state index contributed by atoms with van der Waals surface area (Å²) in [7, 11) is 0. The molecule has 0 aromatic rings. The van der Waals surface area contributed by atoms with Crippen molar-refractivity contribution < 1.29 is 35.6 Å². The molecule has 0 bridgehead atoms. The Hall–Kier alpha value is 1.58. The van der Waals surface area contributed by atoms with Gasteiger partial charge in [-0.2, -0.15) is 0 Å². The van der Waals surface area contributed by atoms with Crippen molar-refractivity contribution in [3.8, 4) is 0 Å². The van der Waals surface area contributed by atoms with Crippen LogP contribution in [0.2, 0.25) is 0 Å². The second-order valence-corrected chi connectivity index (χ2v) is 0. The van der Waals surface area contributed by atoms with Crippen molar-refractivity contribution >= 4 is 50.5 Å². The quantitative estimate of drug-likeness (QED) is 0.389. The standard InChI is InChI=1S/6B.La. The van der Waals surface area contributed by atoms with Crippen LogP contribution in [-0.2, 0) is 0 Å². The van der Waals surface area contributed by atoms with Crippen molar-refractivity contribution in [2.45, 2.75) is 0 Å². The Morgan fingerprint density at radius 1 is 0.286 bits per heavy atom. The van der Waals surface area contributed by atoms with Crippen LogP contribution >= 0.6 is 0 Å². The van der Waals surface area contributed by atoms with E-state index in [0.29, 0.717) is 0 Å². The molecule has 21 valence electrons. The van der Waals surface area contributed by atoms with E-state index in [9.17, 15) is 0 Å². The fourth-order valence-corrected chi connectivity index (χ4v) is 0. The van der Waals surface area contributed by atoms with Crippen LogP contribution in [0.4, 0.5) is 0 Å². The van der Waals surface area contributed by atoms with Gasteiger partial charge in [-0.3, -0.25) is 0 Å². The summed E-state index contributed by atoms with van der Waals surface area (Å²) in [5.74, 6) is 0. The van der Waals surface area contributed by atoms with E-state index in [-0.39, 0.29) is 86.1 Å². The Bertz CT molecular complexity index is 4.14. The molecule has 0 rings (SSSR count). The summed E-state index contributed by atoms with van der Waals surface area (Å²) >= 11 is 0. The van der Waals surface area contributed by atoms with Crippen molar-refractivity contribution in [1.29, 1.82) is 0 Å². The molecule has 0 N–H and O–H groups in total. The second-order valence-electron chi connectivity index (χ2n) is 0. The van der Waals surface area contributed by atoms with E-state index in [0.717, 1.165) is 0 Å². The molecule has 0 aliphatic rings. The average molecular weight is 204 g/mol. The fourth-order valence-electron chi connectivity index (χ4n) is 0. The molecule has 0 aliphatic heterocycles.